The second kappa shape index (κ2) is 5.00. The average molecular weight is 244 g/mol. The second-order valence-corrected chi connectivity index (χ2v) is 4.13. The zero-order valence-electron chi connectivity index (χ0n) is 10.7. The smallest absolute Gasteiger partial charge is 0.161 e. The minimum absolute atomic E-state index is 0.264. The number of hydrogen-bond acceptors (Lipinski definition) is 3. The zero-order chi connectivity index (χ0) is 13.1. The van der Waals surface area contributed by atoms with Crippen LogP contribution in [0.4, 0.5) is 0 Å². The van der Waals surface area contributed by atoms with E-state index in [4.69, 9.17) is 9.47 Å². The molecule has 0 bridgehead atoms. The molecular weight excluding hydrogens is 228 g/mol. The molecule has 0 aliphatic heterocycles. The van der Waals surface area contributed by atoms with Crippen molar-refractivity contribution in [2.45, 2.75) is 6.92 Å². The van der Waals surface area contributed by atoms with Crippen LogP contribution in [0, 0.1) is 6.92 Å². The van der Waals surface area contributed by atoms with Crippen LogP contribution in [0.15, 0.2) is 36.4 Å². The third-order valence-electron chi connectivity index (χ3n) is 2.78. The Morgan fingerprint density at radius 1 is 0.833 bits per heavy atom. The lowest BCUT2D eigenvalue weighted by atomic mass is 10.0. The highest BCUT2D eigenvalue weighted by atomic mass is 16.5. The van der Waals surface area contributed by atoms with Crippen molar-refractivity contribution >= 4 is 0 Å². The van der Waals surface area contributed by atoms with Crippen molar-refractivity contribution in [1.82, 2.24) is 0 Å². The fraction of sp³-hybridized carbons (Fsp3) is 0.200. The number of aromatic hydroxyl groups is 1. The van der Waals surface area contributed by atoms with Crippen LogP contribution in [0.25, 0.3) is 11.1 Å². The van der Waals surface area contributed by atoms with Crippen LogP contribution in [0.1, 0.15) is 5.56 Å². The number of phenolic OH excluding ortho intramolecular Hbond substituents is 1. The summed E-state index contributed by atoms with van der Waals surface area (Å²) in [6.07, 6.45) is 0. The monoisotopic (exact) mass is 244 g/mol. The molecule has 0 saturated carbocycles. The van der Waals surface area contributed by atoms with Crippen LogP contribution in [-0.2, 0) is 0 Å². The summed E-state index contributed by atoms with van der Waals surface area (Å²) in [7, 11) is 3.21. The molecule has 3 nitrogen and oxygen atoms in total. The summed E-state index contributed by atoms with van der Waals surface area (Å²) in [6.45, 7) is 1.95. The van der Waals surface area contributed by atoms with E-state index in [1.807, 2.05) is 31.2 Å². The highest BCUT2D eigenvalue weighted by molar-refractivity contribution is 5.69. The van der Waals surface area contributed by atoms with Crippen molar-refractivity contribution in [3.63, 3.8) is 0 Å². The molecule has 0 heterocycles. The quantitative estimate of drug-likeness (QED) is 0.899. The van der Waals surface area contributed by atoms with Crippen molar-refractivity contribution in [2.75, 3.05) is 14.2 Å². The first-order valence-electron chi connectivity index (χ1n) is 5.67. The Labute approximate surface area is 107 Å². The first-order valence-corrected chi connectivity index (χ1v) is 5.67. The molecule has 0 aromatic heterocycles. The largest absolute Gasteiger partial charge is 0.508 e. The summed E-state index contributed by atoms with van der Waals surface area (Å²) in [5, 5.41) is 9.63. The van der Waals surface area contributed by atoms with Gasteiger partial charge in [-0.25, -0.2) is 0 Å². The fourth-order valence-electron chi connectivity index (χ4n) is 1.95. The van der Waals surface area contributed by atoms with Crippen molar-refractivity contribution in [3.05, 3.63) is 42.0 Å². The number of methoxy groups -OCH3 is 2. The molecule has 2 aromatic rings. The predicted octanol–water partition coefficient (Wildman–Crippen LogP) is 3.38. The number of ether oxygens (including phenoxy) is 2. The zero-order valence-corrected chi connectivity index (χ0v) is 10.7. The van der Waals surface area contributed by atoms with Crippen molar-refractivity contribution in [1.29, 1.82) is 0 Å². The molecule has 0 aliphatic rings. The second-order valence-electron chi connectivity index (χ2n) is 4.13. The molecule has 0 atom stereocenters. The maximum atomic E-state index is 9.63. The SMILES string of the molecule is COc1ccc(-c2cc(C)cc(O)c2)cc1OC. The van der Waals surface area contributed by atoms with E-state index in [0.29, 0.717) is 11.5 Å². The lowest BCUT2D eigenvalue weighted by Gasteiger charge is -2.10. The van der Waals surface area contributed by atoms with Gasteiger partial charge >= 0.3 is 0 Å². The Bertz CT molecular complexity index is 541. The van der Waals surface area contributed by atoms with Crippen LogP contribution in [0.3, 0.4) is 0 Å². The average Bonchev–Trinajstić information content (AvgIpc) is 2.36. The number of rotatable bonds is 3. The molecule has 0 amide bonds. The van der Waals surface area contributed by atoms with Crippen molar-refractivity contribution in [3.8, 4) is 28.4 Å². The van der Waals surface area contributed by atoms with E-state index in [2.05, 4.69) is 0 Å². The number of benzene rings is 2. The third kappa shape index (κ3) is 2.40. The molecule has 0 aliphatic carbocycles. The maximum Gasteiger partial charge on any atom is 0.161 e. The summed E-state index contributed by atoms with van der Waals surface area (Å²) < 4.78 is 10.5. The van der Waals surface area contributed by atoms with E-state index >= 15 is 0 Å². The van der Waals surface area contributed by atoms with E-state index in [9.17, 15) is 5.11 Å². The van der Waals surface area contributed by atoms with E-state index in [-0.39, 0.29) is 5.75 Å². The van der Waals surface area contributed by atoms with E-state index in [1.54, 1.807) is 26.4 Å². The molecule has 0 fully saturated rings. The topological polar surface area (TPSA) is 38.7 Å². The standard InChI is InChI=1S/C15H16O3/c1-10-6-12(8-13(16)7-10)11-4-5-14(17-2)15(9-11)18-3/h4-9,16H,1-3H3. The molecular formula is C15H16O3. The molecule has 0 saturated heterocycles. The lowest BCUT2D eigenvalue weighted by molar-refractivity contribution is 0.355. The van der Waals surface area contributed by atoms with Gasteiger partial charge in [-0.3, -0.25) is 0 Å². The van der Waals surface area contributed by atoms with Crippen molar-refractivity contribution < 1.29 is 14.6 Å². The number of aryl methyl sites for hydroxylation is 1. The minimum atomic E-state index is 0.264. The molecule has 2 rings (SSSR count). The van der Waals surface area contributed by atoms with Gasteiger partial charge in [0.1, 0.15) is 5.75 Å². The fourth-order valence-corrected chi connectivity index (χ4v) is 1.95. The van der Waals surface area contributed by atoms with Gasteiger partial charge in [-0.2, -0.15) is 0 Å². The first kappa shape index (κ1) is 12.3. The van der Waals surface area contributed by atoms with Gasteiger partial charge in [0.05, 0.1) is 14.2 Å². The Kier molecular flexibility index (Phi) is 3.42. The van der Waals surface area contributed by atoms with Crippen LogP contribution in [0.5, 0.6) is 17.2 Å². The van der Waals surface area contributed by atoms with Gasteiger partial charge in [0, 0.05) is 0 Å². The first-order chi connectivity index (χ1) is 8.63. The summed E-state index contributed by atoms with van der Waals surface area (Å²) in [5.74, 6) is 1.63. The number of hydrogen-bond donors (Lipinski definition) is 1. The molecule has 2 aromatic carbocycles. The Morgan fingerprint density at radius 2 is 1.56 bits per heavy atom. The summed E-state index contributed by atoms with van der Waals surface area (Å²) in [6, 6.07) is 11.2. The van der Waals surface area contributed by atoms with Gasteiger partial charge < -0.3 is 14.6 Å². The Hall–Kier alpha value is -2.16. The minimum Gasteiger partial charge on any atom is -0.508 e. The molecule has 0 spiro atoms. The van der Waals surface area contributed by atoms with Gasteiger partial charge in [0.15, 0.2) is 11.5 Å². The van der Waals surface area contributed by atoms with Gasteiger partial charge in [0.2, 0.25) is 0 Å². The molecule has 0 unspecified atom stereocenters. The van der Waals surface area contributed by atoms with E-state index in [0.717, 1.165) is 16.7 Å². The van der Waals surface area contributed by atoms with Crippen LogP contribution < -0.4 is 9.47 Å². The lowest BCUT2D eigenvalue weighted by Crippen LogP contribution is -1.91. The Balaban J connectivity index is 2.50. The van der Waals surface area contributed by atoms with Gasteiger partial charge in [-0.1, -0.05) is 12.1 Å². The maximum absolute atomic E-state index is 9.63. The van der Waals surface area contributed by atoms with Gasteiger partial charge in [-0.05, 0) is 47.9 Å². The van der Waals surface area contributed by atoms with Crippen molar-refractivity contribution in [2.24, 2.45) is 0 Å². The third-order valence-corrected chi connectivity index (χ3v) is 2.78. The highest BCUT2D eigenvalue weighted by Gasteiger charge is 2.07. The highest BCUT2D eigenvalue weighted by Crippen LogP contribution is 2.33. The molecule has 1 N–H and O–H groups in total. The van der Waals surface area contributed by atoms with Crippen LogP contribution >= 0.6 is 0 Å². The molecule has 0 radical (unpaired) electrons. The number of phenols is 1. The molecule has 18 heavy (non-hydrogen) atoms. The molecule has 94 valence electrons. The van der Waals surface area contributed by atoms with Crippen LogP contribution in [0.2, 0.25) is 0 Å². The predicted molar refractivity (Wildman–Crippen MR) is 71.4 cm³/mol. The van der Waals surface area contributed by atoms with E-state index < -0.39 is 0 Å². The van der Waals surface area contributed by atoms with Gasteiger partial charge in [0.25, 0.3) is 0 Å². The summed E-state index contributed by atoms with van der Waals surface area (Å²) in [4.78, 5) is 0. The van der Waals surface area contributed by atoms with E-state index in [1.165, 1.54) is 0 Å². The summed E-state index contributed by atoms with van der Waals surface area (Å²) >= 11 is 0. The normalized spacial score (nSPS) is 10.2. The van der Waals surface area contributed by atoms with Crippen LogP contribution in [-0.4, -0.2) is 19.3 Å². The molecule has 3 heteroatoms. The summed E-state index contributed by atoms with van der Waals surface area (Å²) in [5.41, 5.74) is 2.94. The Morgan fingerprint density at radius 3 is 2.17 bits per heavy atom. The van der Waals surface area contributed by atoms with Gasteiger partial charge in [-0.15, -0.1) is 0 Å².